The zero-order chi connectivity index (χ0) is 25.8. The van der Waals surface area contributed by atoms with Crippen LogP contribution in [-0.4, -0.2) is 34.9 Å². The number of nitrogen functional groups attached to an aromatic ring is 1. The van der Waals surface area contributed by atoms with Gasteiger partial charge in [-0.05, 0) is 60.6 Å². The Morgan fingerprint density at radius 3 is 2.19 bits per heavy atom. The second-order valence-electron chi connectivity index (χ2n) is 9.17. The Bertz CT molecular complexity index is 1520. The van der Waals surface area contributed by atoms with E-state index < -0.39 is 0 Å². The summed E-state index contributed by atoms with van der Waals surface area (Å²) in [4.78, 5) is 10.3. The monoisotopic (exact) mass is 490 g/mol. The molecule has 6 nitrogen and oxygen atoms in total. The number of hydrogen-bond donors (Lipinski definition) is 3. The molecule has 0 spiro atoms. The van der Waals surface area contributed by atoms with Gasteiger partial charge in [0.1, 0.15) is 5.75 Å². The molecule has 0 amide bonds. The van der Waals surface area contributed by atoms with Gasteiger partial charge in [-0.15, -0.1) is 0 Å². The molecule has 6 heteroatoms. The van der Waals surface area contributed by atoms with E-state index in [1.165, 1.54) is 11.1 Å². The number of hydrogen-bond acceptors (Lipinski definition) is 5. The number of anilines is 1. The molecular formula is C31H30N4O2. The lowest BCUT2D eigenvalue weighted by Gasteiger charge is -2.17. The number of nitrogens with one attached hydrogen (secondary N) is 1. The van der Waals surface area contributed by atoms with Crippen molar-refractivity contribution in [3.63, 3.8) is 0 Å². The fourth-order valence-electron chi connectivity index (χ4n) is 4.51. The molecule has 5 aromatic rings. The molecule has 186 valence electrons. The SMILES string of the molecule is COc1ccc(CN(C)Cc2ccc(N=C(c3ccccc3)c3c(O)[nH]c4ccc(N)cc34)cc2)cc1. The Hall–Kier alpha value is -4.55. The van der Waals surface area contributed by atoms with Gasteiger partial charge in [0.2, 0.25) is 0 Å². The summed E-state index contributed by atoms with van der Waals surface area (Å²) in [5, 5.41) is 11.7. The number of fused-ring (bicyclic) bond motifs is 1. The van der Waals surface area contributed by atoms with Gasteiger partial charge in [0.25, 0.3) is 0 Å². The van der Waals surface area contributed by atoms with E-state index in [9.17, 15) is 5.11 Å². The van der Waals surface area contributed by atoms with Gasteiger partial charge >= 0.3 is 0 Å². The van der Waals surface area contributed by atoms with Crippen LogP contribution in [0.5, 0.6) is 11.6 Å². The molecule has 0 aliphatic carbocycles. The van der Waals surface area contributed by atoms with Crippen LogP contribution in [0.2, 0.25) is 0 Å². The molecule has 0 saturated carbocycles. The van der Waals surface area contributed by atoms with Crippen LogP contribution in [-0.2, 0) is 13.1 Å². The summed E-state index contributed by atoms with van der Waals surface area (Å²) in [7, 11) is 3.78. The maximum Gasteiger partial charge on any atom is 0.199 e. The highest BCUT2D eigenvalue weighted by molar-refractivity contribution is 6.22. The highest BCUT2D eigenvalue weighted by Gasteiger charge is 2.19. The molecule has 0 saturated heterocycles. The molecule has 0 radical (unpaired) electrons. The summed E-state index contributed by atoms with van der Waals surface area (Å²) < 4.78 is 5.25. The lowest BCUT2D eigenvalue weighted by Crippen LogP contribution is -2.17. The number of benzene rings is 4. The summed E-state index contributed by atoms with van der Waals surface area (Å²) in [5.41, 5.74) is 13.0. The van der Waals surface area contributed by atoms with E-state index in [2.05, 4.69) is 41.2 Å². The maximum atomic E-state index is 10.8. The predicted octanol–water partition coefficient (Wildman–Crippen LogP) is 6.27. The summed E-state index contributed by atoms with van der Waals surface area (Å²) in [6.45, 7) is 1.65. The molecular weight excluding hydrogens is 460 g/mol. The fraction of sp³-hybridized carbons (Fsp3) is 0.129. The largest absolute Gasteiger partial charge is 0.497 e. The lowest BCUT2D eigenvalue weighted by atomic mass is 10.0. The third-order valence-corrected chi connectivity index (χ3v) is 6.33. The zero-order valence-electron chi connectivity index (χ0n) is 21.0. The van der Waals surface area contributed by atoms with Crippen LogP contribution in [0.15, 0.2) is 102 Å². The highest BCUT2D eigenvalue weighted by atomic mass is 16.5. The number of aromatic hydroxyl groups is 1. The van der Waals surface area contributed by atoms with Crippen LogP contribution in [0.1, 0.15) is 22.3 Å². The van der Waals surface area contributed by atoms with E-state index in [0.717, 1.165) is 41.0 Å². The molecule has 1 heterocycles. The van der Waals surface area contributed by atoms with Crippen molar-refractivity contribution < 1.29 is 9.84 Å². The van der Waals surface area contributed by atoms with Crippen LogP contribution >= 0.6 is 0 Å². The van der Waals surface area contributed by atoms with Crippen molar-refractivity contribution in [1.29, 1.82) is 0 Å². The molecule has 37 heavy (non-hydrogen) atoms. The van der Waals surface area contributed by atoms with E-state index in [0.29, 0.717) is 17.0 Å². The van der Waals surface area contributed by atoms with Gasteiger partial charge in [-0.3, -0.25) is 4.90 Å². The van der Waals surface area contributed by atoms with Crippen LogP contribution < -0.4 is 10.5 Å². The molecule has 0 unspecified atom stereocenters. The third kappa shape index (κ3) is 5.50. The van der Waals surface area contributed by atoms with Crippen molar-refractivity contribution in [2.24, 2.45) is 4.99 Å². The number of rotatable bonds is 8. The number of ether oxygens (including phenoxy) is 1. The number of aliphatic imine (C=N–C) groups is 1. The Labute approximate surface area is 216 Å². The first-order valence-corrected chi connectivity index (χ1v) is 12.2. The number of nitrogens with zero attached hydrogens (tertiary/aromatic N) is 2. The minimum absolute atomic E-state index is 0.0694. The van der Waals surface area contributed by atoms with Gasteiger partial charge < -0.3 is 20.6 Å². The maximum absolute atomic E-state index is 10.8. The molecule has 1 aromatic heterocycles. The summed E-state index contributed by atoms with van der Waals surface area (Å²) >= 11 is 0. The molecule has 0 bridgehead atoms. The quantitative estimate of drug-likeness (QED) is 0.177. The predicted molar refractivity (Wildman–Crippen MR) is 151 cm³/mol. The standard InChI is InChI=1S/C31H30N4O2/c1-35(20-22-10-15-26(37-2)16-11-22)19-21-8-13-25(14-9-21)33-30(23-6-4-3-5-7-23)29-27-18-24(32)12-17-28(27)34-31(29)36/h3-18,34,36H,19-20,32H2,1-2H3. The van der Waals surface area contributed by atoms with Crippen LogP contribution in [0.25, 0.3) is 10.9 Å². The van der Waals surface area contributed by atoms with Gasteiger partial charge in [-0.2, -0.15) is 0 Å². The minimum Gasteiger partial charge on any atom is -0.497 e. The van der Waals surface area contributed by atoms with Crippen LogP contribution in [0, 0.1) is 0 Å². The van der Waals surface area contributed by atoms with Crippen molar-refractivity contribution in [3.8, 4) is 11.6 Å². The van der Waals surface area contributed by atoms with Crippen molar-refractivity contribution in [2.45, 2.75) is 13.1 Å². The zero-order valence-corrected chi connectivity index (χ0v) is 21.0. The van der Waals surface area contributed by atoms with Crippen LogP contribution in [0.3, 0.4) is 0 Å². The Balaban J connectivity index is 1.42. The van der Waals surface area contributed by atoms with E-state index in [1.54, 1.807) is 7.11 Å². The number of aromatic amines is 1. The Morgan fingerprint density at radius 2 is 1.54 bits per heavy atom. The number of H-pyrrole nitrogens is 1. The van der Waals surface area contributed by atoms with Gasteiger partial charge in [0, 0.05) is 35.2 Å². The highest BCUT2D eigenvalue weighted by Crippen LogP contribution is 2.32. The smallest absolute Gasteiger partial charge is 0.199 e. The first kappa shape index (κ1) is 24.2. The van der Waals surface area contributed by atoms with Crippen molar-refractivity contribution in [3.05, 3.63) is 119 Å². The second kappa shape index (κ2) is 10.6. The van der Waals surface area contributed by atoms with E-state index in [1.807, 2.05) is 72.8 Å². The van der Waals surface area contributed by atoms with E-state index in [-0.39, 0.29) is 5.88 Å². The molecule has 4 N–H and O–H groups in total. The second-order valence-corrected chi connectivity index (χ2v) is 9.17. The van der Waals surface area contributed by atoms with Gasteiger partial charge in [-0.25, -0.2) is 4.99 Å². The number of aromatic nitrogens is 1. The van der Waals surface area contributed by atoms with E-state index >= 15 is 0 Å². The normalized spacial score (nSPS) is 11.8. The molecule has 5 rings (SSSR count). The third-order valence-electron chi connectivity index (χ3n) is 6.33. The minimum atomic E-state index is 0.0694. The lowest BCUT2D eigenvalue weighted by molar-refractivity contribution is 0.319. The molecule has 0 aliphatic heterocycles. The van der Waals surface area contributed by atoms with Crippen molar-refractivity contribution in [2.75, 3.05) is 19.9 Å². The van der Waals surface area contributed by atoms with E-state index in [4.69, 9.17) is 15.5 Å². The molecule has 0 fully saturated rings. The first-order valence-electron chi connectivity index (χ1n) is 12.2. The number of methoxy groups -OCH3 is 1. The van der Waals surface area contributed by atoms with Gasteiger partial charge in [0.15, 0.2) is 5.88 Å². The first-order chi connectivity index (χ1) is 18.0. The van der Waals surface area contributed by atoms with Crippen molar-refractivity contribution >= 4 is 28.0 Å². The molecule has 0 atom stereocenters. The van der Waals surface area contributed by atoms with Gasteiger partial charge in [-0.1, -0.05) is 54.6 Å². The summed E-state index contributed by atoms with van der Waals surface area (Å²) in [6, 6.07) is 31.8. The number of nitrogens with two attached hydrogens (primary N) is 1. The van der Waals surface area contributed by atoms with Gasteiger partial charge in [0.05, 0.1) is 24.1 Å². The average Bonchev–Trinajstić information content (AvgIpc) is 3.23. The van der Waals surface area contributed by atoms with Crippen molar-refractivity contribution in [1.82, 2.24) is 9.88 Å². The summed E-state index contributed by atoms with van der Waals surface area (Å²) in [6.07, 6.45) is 0. The Morgan fingerprint density at radius 1 is 0.892 bits per heavy atom. The fourth-order valence-corrected chi connectivity index (χ4v) is 4.51. The van der Waals surface area contributed by atoms with Crippen LogP contribution in [0.4, 0.5) is 11.4 Å². The molecule has 0 aliphatic rings. The average molecular weight is 491 g/mol. The Kier molecular flexibility index (Phi) is 6.92. The summed E-state index contributed by atoms with van der Waals surface area (Å²) in [5.74, 6) is 0.932. The molecule has 4 aromatic carbocycles. The topological polar surface area (TPSA) is 86.9 Å².